The van der Waals surface area contributed by atoms with Crippen LogP contribution in [0.1, 0.15) is 19.4 Å². The number of carbonyl (C=O) groups excluding carboxylic acids is 1. The van der Waals surface area contributed by atoms with Gasteiger partial charge in [0.2, 0.25) is 0 Å². The topological polar surface area (TPSA) is 54.8 Å². The second kappa shape index (κ2) is 8.86. The van der Waals surface area contributed by atoms with Gasteiger partial charge in [-0.1, -0.05) is 31.5 Å². The summed E-state index contributed by atoms with van der Waals surface area (Å²) in [6, 6.07) is 16.7. The summed E-state index contributed by atoms with van der Waals surface area (Å²) >= 11 is 0. The number of amides is 1. The molecule has 0 unspecified atom stereocenters. The van der Waals surface area contributed by atoms with Crippen molar-refractivity contribution >= 4 is 23.0 Å². The highest BCUT2D eigenvalue weighted by Gasteiger charge is 2.32. The Hall–Kier alpha value is -3.54. The molecule has 1 aromatic heterocycles. The Labute approximate surface area is 176 Å². The lowest BCUT2D eigenvalue weighted by Gasteiger charge is -2.35. The van der Waals surface area contributed by atoms with E-state index in [4.69, 9.17) is 4.74 Å². The molecule has 1 aliphatic heterocycles. The number of hydrogen-bond donors (Lipinski definition) is 0. The summed E-state index contributed by atoms with van der Waals surface area (Å²) in [7, 11) is 3.41. The quantitative estimate of drug-likeness (QED) is 0.652. The Bertz CT molecular complexity index is 1090. The van der Waals surface area contributed by atoms with E-state index in [0.29, 0.717) is 17.1 Å². The number of benzene rings is 2. The van der Waals surface area contributed by atoms with Gasteiger partial charge in [-0.2, -0.15) is 0 Å². The standard InChI is InChI=1S/C22H21N3O3.C2H6/c1-15-4-6-16(7-5-15)24-13-12-19-21(22(24)27)25(20(26)14-23(19)2)17-8-10-18(28-3)11-9-17;1-2/h4-13H,14H2,1-3H3;1-2H3. The van der Waals surface area contributed by atoms with Crippen LogP contribution in [-0.2, 0) is 4.79 Å². The van der Waals surface area contributed by atoms with Crippen LogP contribution >= 0.6 is 0 Å². The fraction of sp³-hybridized carbons (Fsp3) is 0.250. The van der Waals surface area contributed by atoms with E-state index in [1.165, 1.54) is 4.90 Å². The van der Waals surface area contributed by atoms with Gasteiger partial charge in [0.05, 0.1) is 19.3 Å². The fourth-order valence-electron chi connectivity index (χ4n) is 3.43. The molecule has 0 atom stereocenters. The van der Waals surface area contributed by atoms with Crippen molar-refractivity contribution in [2.24, 2.45) is 0 Å². The monoisotopic (exact) mass is 405 g/mol. The Morgan fingerprint density at radius 3 is 2.07 bits per heavy atom. The molecule has 0 saturated heterocycles. The number of anilines is 3. The summed E-state index contributed by atoms with van der Waals surface area (Å²) in [6.07, 6.45) is 1.75. The van der Waals surface area contributed by atoms with E-state index in [9.17, 15) is 9.59 Å². The smallest absolute Gasteiger partial charge is 0.281 e. The lowest BCUT2D eigenvalue weighted by Crippen LogP contribution is -2.45. The van der Waals surface area contributed by atoms with E-state index in [1.807, 2.05) is 58.2 Å². The summed E-state index contributed by atoms with van der Waals surface area (Å²) in [5, 5.41) is 0. The van der Waals surface area contributed by atoms with Crippen molar-refractivity contribution in [3.8, 4) is 11.4 Å². The first kappa shape index (κ1) is 21.2. The first-order valence-corrected chi connectivity index (χ1v) is 10.0. The SMILES string of the molecule is CC.COc1ccc(N2C(=O)CN(C)c3ccn(-c4ccc(C)cc4)c(=O)c32)cc1. The molecule has 156 valence electrons. The highest BCUT2D eigenvalue weighted by atomic mass is 16.5. The van der Waals surface area contributed by atoms with Crippen molar-refractivity contribution in [3.63, 3.8) is 0 Å². The molecule has 0 spiro atoms. The van der Waals surface area contributed by atoms with Gasteiger partial charge >= 0.3 is 0 Å². The number of aryl methyl sites for hydroxylation is 1. The first-order valence-electron chi connectivity index (χ1n) is 10.0. The zero-order valence-corrected chi connectivity index (χ0v) is 18.0. The number of hydrogen-bond acceptors (Lipinski definition) is 4. The predicted octanol–water partition coefficient (Wildman–Crippen LogP) is 4.30. The van der Waals surface area contributed by atoms with E-state index in [1.54, 1.807) is 47.0 Å². The highest BCUT2D eigenvalue weighted by Crippen LogP contribution is 2.35. The van der Waals surface area contributed by atoms with Gasteiger partial charge in [0, 0.05) is 24.6 Å². The molecule has 0 fully saturated rings. The van der Waals surface area contributed by atoms with E-state index in [-0.39, 0.29) is 18.0 Å². The Morgan fingerprint density at radius 1 is 0.867 bits per heavy atom. The molecular formula is C24H27N3O3. The van der Waals surface area contributed by atoms with Gasteiger partial charge in [-0.3, -0.25) is 19.1 Å². The van der Waals surface area contributed by atoms with Crippen LogP contribution in [0.15, 0.2) is 65.6 Å². The zero-order chi connectivity index (χ0) is 21.8. The molecule has 30 heavy (non-hydrogen) atoms. The van der Waals surface area contributed by atoms with Gasteiger partial charge in [-0.15, -0.1) is 0 Å². The lowest BCUT2D eigenvalue weighted by molar-refractivity contribution is -0.116. The van der Waals surface area contributed by atoms with Crippen molar-refractivity contribution < 1.29 is 9.53 Å². The number of fused-ring (bicyclic) bond motifs is 1. The summed E-state index contributed by atoms with van der Waals surface area (Å²) in [5.41, 5.74) is 3.35. The highest BCUT2D eigenvalue weighted by molar-refractivity contribution is 6.08. The Morgan fingerprint density at radius 2 is 1.47 bits per heavy atom. The van der Waals surface area contributed by atoms with E-state index >= 15 is 0 Å². The van der Waals surface area contributed by atoms with Crippen LogP contribution in [0.25, 0.3) is 5.69 Å². The second-order valence-electron chi connectivity index (χ2n) is 6.84. The number of rotatable bonds is 3. The maximum atomic E-state index is 13.4. The van der Waals surface area contributed by atoms with Gasteiger partial charge in [-0.25, -0.2) is 0 Å². The van der Waals surface area contributed by atoms with Crippen LogP contribution in [0.2, 0.25) is 0 Å². The molecule has 2 heterocycles. The van der Waals surface area contributed by atoms with Gasteiger partial charge in [-0.05, 0) is 49.4 Å². The number of pyridine rings is 1. The van der Waals surface area contributed by atoms with Crippen LogP contribution in [0.3, 0.4) is 0 Å². The number of carbonyl (C=O) groups is 1. The van der Waals surface area contributed by atoms with Crippen molar-refractivity contribution in [1.82, 2.24) is 4.57 Å². The molecule has 0 aliphatic carbocycles. The summed E-state index contributed by atoms with van der Waals surface area (Å²) in [6.45, 7) is 6.20. The van der Waals surface area contributed by atoms with Gasteiger partial charge < -0.3 is 9.64 Å². The van der Waals surface area contributed by atoms with Crippen molar-refractivity contribution in [2.45, 2.75) is 20.8 Å². The number of aromatic nitrogens is 1. The van der Waals surface area contributed by atoms with E-state index in [0.717, 1.165) is 16.9 Å². The van der Waals surface area contributed by atoms with Crippen molar-refractivity contribution in [3.05, 3.63) is 76.7 Å². The minimum Gasteiger partial charge on any atom is -0.497 e. The number of methoxy groups -OCH3 is 1. The maximum absolute atomic E-state index is 13.4. The molecule has 3 aromatic rings. The van der Waals surface area contributed by atoms with Crippen molar-refractivity contribution in [1.29, 1.82) is 0 Å². The average Bonchev–Trinajstić information content (AvgIpc) is 2.77. The van der Waals surface area contributed by atoms with Crippen LogP contribution in [0.5, 0.6) is 5.75 Å². The molecular weight excluding hydrogens is 378 g/mol. The number of likely N-dealkylation sites (N-methyl/N-ethyl adjacent to an activating group) is 1. The fourth-order valence-corrected chi connectivity index (χ4v) is 3.43. The Balaban J connectivity index is 0.00000124. The third kappa shape index (κ3) is 3.81. The summed E-state index contributed by atoms with van der Waals surface area (Å²) in [5.74, 6) is 0.537. The molecule has 0 N–H and O–H groups in total. The predicted molar refractivity (Wildman–Crippen MR) is 122 cm³/mol. The third-order valence-corrected chi connectivity index (χ3v) is 4.94. The van der Waals surface area contributed by atoms with Gasteiger partial charge in [0.1, 0.15) is 11.4 Å². The molecule has 6 nitrogen and oxygen atoms in total. The third-order valence-electron chi connectivity index (χ3n) is 4.94. The molecule has 4 rings (SSSR count). The normalized spacial score (nSPS) is 12.8. The minimum absolute atomic E-state index is 0.154. The number of nitrogens with zero attached hydrogens (tertiary/aromatic N) is 3. The van der Waals surface area contributed by atoms with Crippen LogP contribution in [0, 0.1) is 6.92 Å². The minimum atomic E-state index is -0.239. The van der Waals surface area contributed by atoms with E-state index < -0.39 is 0 Å². The summed E-state index contributed by atoms with van der Waals surface area (Å²) < 4.78 is 6.77. The Kier molecular flexibility index (Phi) is 6.26. The van der Waals surface area contributed by atoms with E-state index in [2.05, 4.69) is 0 Å². The number of ether oxygens (including phenoxy) is 1. The summed E-state index contributed by atoms with van der Waals surface area (Å²) in [4.78, 5) is 29.6. The lowest BCUT2D eigenvalue weighted by atomic mass is 10.1. The van der Waals surface area contributed by atoms with Crippen LogP contribution < -0.4 is 20.1 Å². The largest absolute Gasteiger partial charge is 0.497 e. The van der Waals surface area contributed by atoms with Crippen LogP contribution in [-0.4, -0.2) is 31.2 Å². The average molecular weight is 405 g/mol. The molecule has 1 aliphatic rings. The first-order chi connectivity index (χ1) is 14.5. The molecule has 0 radical (unpaired) electrons. The van der Waals surface area contributed by atoms with Gasteiger partial charge in [0.15, 0.2) is 0 Å². The maximum Gasteiger partial charge on any atom is 0.281 e. The molecule has 0 saturated carbocycles. The van der Waals surface area contributed by atoms with Crippen LogP contribution in [0.4, 0.5) is 17.1 Å². The molecule has 2 aromatic carbocycles. The second-order valence-corrected chi connectivity index (χ2v) is 6.84. The van der Waals surface area contributed by atoms with Gasteiger partial charge in [0.25, 0.3) is 11.5 Å². The van der Waals surface area contributed by atoms with Crippen molar-refractivity contribution in [2.75, 3.05) is 30.5 Å². The molecule has 0 bridgehead atoms. The molecule has 1 amide bonds. The molecule has 6 heteroatoms. The zero-order valence-electron chi connectivity index (χ0n) is 18.0.